The molecule has 0 aliphatic rings. The van der Waals surface area contributed by atoms with Crippen molar-refractivity contribution in [1.29, 1.82) is 0 Å². The van der Waals surface area contributed by atoms with E-state index >= 15 is 0 Å². The number of hydrogen-bond donors (Lipinski definition) is 2. The summed E-state index contributed by atoms with van der Waals surface area (Å²) in [7, 11) is 1.67. The number of ether oxygens (including phenoxy) is 2. The van der Waals surface area contributed by atoms with Gasteiger partial charge in [-0.1, -0.05) is 13.8 Å². The first-order chi connectivity index (χ1) is 6.66. The number of nitrogens with one attached hydrogen (secondary N) is 1. The highest BCUT2D eigenvalue weighted by atomic mass is 16.5. The van der Waals surface area contributed by atoms with Crippen LogP contribution in [0.1, 0.15) is 20.3 Å². The van der Waals surface area contributed by atoms with Crippen molar-refractivity contribution in [2.45, 2.75) is 32.4 Å². The second-order valence-corrected chi connectivity index (χ2v) is 3.64. The van der Waals surface area contributed by atoms with Gasteiger partial charge in [-0.05, 0) is 6.42 Å². The van der Waals surface area contributed by atoms with Crippen LogP contribution in [0.4, 0.5) is 0 Å². The minimum Gasteiger partial charge on any atom is -0.389 e. The molecule has 86 valence electrons. The fourth-order valence-corrected chi connectivity index (χ4v) is 0.955. The van der Waals surface area contributed by atoms with E-state index in [1.807, 2.05) is 13.8 Å². The van der Waals surface area contributed by atoms with Gasteiger partial charge in [0.2, 0.25) is 0 Å². The molecule has 1 unspecified atom stereocenters. The van der Waals surface area contributed by atoms with E-state index in [0.717, 1.165) is 6.42 Å². The van der Waals surface area contributed by atoms with E-state index in [1.54, 1.807) is 7.11 Å². The predicted molar refractivity (Wildman–Crippen MR) is 56.5 cm³/mol. The van der Waals surface area contributed by atoms with Gasteiger partial charge in [-0.2, -0.15) is 0 Å². The highest BCUT2D eigenvalue weighted by molar-refractivity contribution is 4.60. The molecular weight excluding hydrogens is 182 g/mol. The molecule has 14 heavy (non-hydrogen) atoms. The second-order valence-electron chi connectivity index (χ2n) is 3.64. The quantitative estimate of drug-likeness (QED) is 0.535. The smallest absolute Gasteiger partial charge is 0.0897 e. The summed E-state index contributed by atoms with van der Waals surface area (Å²) < 4.78 is 10.1. The fourth-order valence-electron chi connectivity index (χ4n) is 0.955. The van der Waals surface area contributed by atoms with Crippen LogP contribution in [0, 0.1) is 0 Å². The summed E-state index contributed by atoms with van der Waals surface area (Å²) in [6.45, 7) is 6.43. The SMILES string of the molecule is COCCCOCC(O)CNC(C)C. The number of methoxy groups -OCH3 is 1. The zero-order valence-corrected chi connectivity index (χ0v) is 9.45. The normalized spacial score (nSPS) is 13.5. The fraction of sp³-hybridized carbons (Fsp3) is 1.00. The van der Waals surface area contributed by atoms with Gasteiger partial charge in [-0.25, -0.2) is 0 Å². The van der Waals surface area contributed by atoms with Crippen LogP contribution in [0.3, 0.4) is 0 Å². The van der Waals surface area contributed by atoms with Crippen LogP contribution in [0.25, 0.3) is 0 Å². The van der Waals surface area contributed by atoms with Crippen molar-refractivity contribution in [1.82, 2.24) is 5.32 Å². The van der Waals surface area contributed by atoms with Gasteiger partial charge in [0.15, 0.2) is 0 Å². The third-order valence-corrected chi connectivity index (χ3v) is 1.71. The molecule has 0 spiro atoms. The number of aliphatic hydroxyl groups is 1. The first-order valence-electron chi connectivity index (χ1n) is 5.15. The Balaban J connectivity index is 3.14. The zero-order valence-electron chi connectivity index (χ0n) is 9.45. The number of rotatable bonds is 9. The van der Waals surface area contributed by atoms with Crippen LogP contribution >= 0.6 is 0 Å². The molecule has 0 aromatic heterocycles. The third-order valence-electron chi connectivity index (χ3n) is 1.71. The van der Waals surface area contributed by atoms with Crippen LogP contribution in [-0.4, -0.2) is 50.7 Å². The molecule has 0 fully saturated rings. The lowest BCUT2D eigenvalue weighted by Crippen LogP contribution is -2.34. The molecule has 0 bridgehead atoms. The van der Waals surface area contributed by atoms with Gasteiger partial charge in [0, 0.05) is 32.9 Å². The molecule has 4 nitrogen and oxygen atoms in total. The van der Waals surface area contributed by atoms with Crippen LogP contribution in [0.2, 0.25) is 0 Å². The van der Waals surface area contributed by atoms with Crippen LogP contribution in [-0.2, 0) is 9.47 Å². The second kappa shape index (κ2) is 9.40. The summed E-state index contributed by atoms with van der Waals surface area (Å²) >= 11 is 0. The monoisotopic (exact) mass is 205 g/mol. The summed E-state index contributed by atoms with van der Waals surface area (Å²) in [4.78, 5) is 0. The summed E-state index contributed by atoms with van der Waals surface area (Å²) in [6.07, 6.45) is 0.459. The molecule has 0 aliphatic heterocycles. The van der Waals surface area contributed by atoms with Gasteiger partial charge in [0.05, 0.1) is 12.7 Å². The van der Waals surface area contributed by atoms with Gasteiger partial charge in [0.25, 0.3) is 0 Å². The van der Waals surface area contributed by atoms with Crippen molar-refractivity contribution in [3.05, 3.63) is 0 Å². The predicted octanol–water partition coefficient (Wildman–Crippen LogP) is 0.398. The molecule has 1 atom stereocenters. The lowest BCUT2D eigenvalue weighted by atomic mass is 10.3. The summed E-state index contributed by atoms with van der Waals surface area (Å²) in [6, 6.07) is 0.401. The van der Waals surface area contributed by atoms with E-state index in [-0.39, 0.29) is 0 Å². The largest absolute Gasteiger partial charge is 0.389 e. The Labute approximate surface area is 86.6 Å². The van der Waals surface area contributed by atoms with Crippen molar-refractivity contribution in [3.63, 3.8) is 0 Å². The highest BCUT2D eigenvalue weighted by Gasteiger charge is 2.04. The number of hydrogen-bond acceptors (Lipinski definition) is 4. The molecular formula is C10H23NO3. The molecule has 4 heteroatoms. The lowest BCUT2D eigenvalue weighted by molar-refractivity contribution is 0.0282. The molecule has 0 aromatic rings. The maximum absolute atomic E-state index is 9.44. The molecule has 0 saturated heterocycles. The maximum Gasteiger partial charge on any atom is 0.0897 e. The van der Waals surface area contributed by atoms with E-state index in [1.165, 1.54) is 0 Å². The summed E-state index contributed by atoms with van der Waals surface area (Å²) in [5.41, 5.74) is 0. The molecule has 0 radical (unpaired) electrons. The van der Waals surface area contributed by atoms with Crippen molar-refractivity contribution in [3.8, 4) is 0 Å². The summed E-state index contributed by atoms with van der Waals surface area (Å²) in [5.74, 6) is 0. The summed E-state index contributed by atoms with van der Waals surface area (Å²) in [5, 5.41) is 12.6. The molecule has 0 aliphatic carbocycles. The van der Waals surface area contributed by atoms with E-state index < -0.39 is 6.10 Å². The molecule has 0 amide bonds. The third kappa shape index (κ3) is 9.92. The Morgan fingerprint density at radius 2 is 2.00 bits per heavy atom. The molecule has 0 heterocycles. The first-order valence-corrected chi connectivity index (χ1v) is 5.15. The van der Waals surface area contributed by atoms with E-state index in [0.29, 0.717) is 32.4 Å². The van der Waals surface area contributed by atoms with Crippen molar-refractivity contribution < 1.29 is 14.6 Å². The van der Waals surface area contributed by atoms with Gasteiger partial charge < -0.3 is 19.9 Å². The average molecular weight is 205 g/mol. The average Bonchev–Trinajstić information content (AvgIpc) is 2.14. The molecule has 2 N–H and O–H groups in total. The standard InChI is InChI=1S/C10H23NO3/c1-9(2)11-7-10(12)8-14-6-4-5-13-3/h9-12H,4-8H2,1-3H3. The first kappa shape index (κ1) is 13.8. The maximum atomic E-state index is 9.44. The van der Waals surface area contributed by atoms with Gasteiger partial charge in [0.1, 0.15) is 0 Å². The van der Waals surface area contributed by atoms with Crippen molar-refractivity contribution in [2.24, 2.45) is 0 Å². The Morgan fingerprint density at radius 1 is 1.29 bits per heavy atom. The lowest BCUT2D eigenvalue weighted by Gasteiger charge is -2.14. The van der Waals surface area contributed by atoms with Gasteiger partial charge >= 0.3 is 0 Å². The van der Waals surface area contributed by atoms with E-state index in [4.69, 9.17) is 9.47 Å². The van der Waals surface area contributed by atoms with Crippen LogP contribution in [0.15, 0.2) is 0 Å². The minimum absolute atomic E-state index is 0.392. The topological polar surface area (TPSA) is 50.7 Å². The zero-order chi connectivity index (χ0) is 10.8. The van der Waals surface area contributed by atoms with Gasteiger partial charge in [-0.15, -0.1) is 0 Å². The Morgan fingerprint density at radius 3 is 2.57 bits per heavy atom. The molecule has 0 saturated carbocycles. The molecule has 0 aromatic carbocycles. The Hall–Kier alpha value is -0.160. The van der Waals surface area contributed by atoms with Crippen molar-refractivity contribution >= 4 is 0 Å². The Kier molecular flexibility index (Phi) is 9.29. The molecule has 0 rings (SSSR count). The number of aliphatic hydroxyl groups excluding tert-OH is 1. The van der Waals surface area contributed by atoms with E-state index in [9.17, 15) is 5.11 Å². The minimum atomic E-state index is -0.417. The highest BCUT2D eigenvalue weighted by Crippen LogP contribution is 1.88. The van der Waals surface area contributed by atoms with Crippen LogP contribution in [0.5, 0.6) is 0 Å². The van der Waals surface area contributed by atoms with Crippen molar-refractivity contribution in [2.75, 3.05) is 33.5 Å². The Bertz CT molecular complexity index is 120. The van der Waals surface area contributed by atoms with Crippen LogP contribution < -0.4 is 5.32 Å². The van der Waals surface area contributed by atoms with E-state index in [2.05, 4.69) is 5.32 Å². The van der Waals surface area contributed by atoms with Gasteiger partial charge in [-0.3, -0.25) is 0 Å².